The van der Waals surface area contributed by atoms with E-state index >= 15 is 0 Å². The van der Waals surface area contributed by atoms with Gasteiger partial charge in [-0.1, -0.05) is 27.7 Å². The summed E-state index contributed by atoms with van der Waals surface area (Å²) < 4.78 is 0. The Morgan fingerprint density at radius 2 is 1.87 bits per heavy atom. The Morgan fingerprint density at radius 3 is 2.27 bits per heavy atom. The van der Waals surface area contributed by atoms with E-state index in [-0.39, 0.29) is 0 Å². The summed E-state index contributed by atoms with van der Waals surface area (Å²) in [4.78, 5) is 2.36. The van der Waals surface area contributed by atoms with Gasteiger partial charge in [0.05, 0.1) is 0 Å². The maximum Gasteiger partial charge on any atom is 0.0169 e. The van der Waals surface area contributed by atoms with Crippen LogP contribution in [-0.4, -0.2) is 37.1 Å². The third-order valence-electron chi connectivity index (χ3n) is 3.02. The van der Waals surface area contributed by atoms with Gasteiger partial charge in [0.15, 0.2) is 0 Å². The maximum absolute atomic E-state index is 3.67. The van der Waals surface area contributed by atoms with E-state index in [1.807, 2.05) is 13.8 Å². The molecule has 1 atom stereocenters. The van der Waals surface area contributed by atoms with Crippen molar-refractivity contribution in [3.05, 3.63) is 0 Å². The van der Waals surface area contributed by atoms with Gasteiger partial charge in [0.2, 0.25) is 0 Å². The van der Waals surface area contributed by atoms with Gasteiger partial charge < -0.3 is 10.2 Å². The molecule has 92 valence electrons. The Kier molecular flexibility index (Phi) is 8.07. The predicted molar refractivity (Wildman–Crippen MR) is 69.3 cm³/mol. The Balaban J connectivity index is 0.000000921. The molecule has 0 aromatic rings. The van der Waals surface area contributed by atoms with E-state index in [9.17, 15) is 0 Å². The van der Waals surface area contributed by atoms with Crippen LogP contribution in [0.5, 0.6) is 0 Å². The fourth-order valence-electron chi connectivity index (χ4n) is 2.09. The van der Waals surface area contributed by atoms with Crippen LogP contribution in [0.1, 0.15) is 47.5 Å². The average molecular weight is 214 g/mol. The van der Waals surface area contributed by atoms with Crippen molar-refractivity contribution in [2.75, 3.05) is 20.1 Å². The van der Waals surface area contributed by atoms with Crippen LogP contribution in [0.3, 0.4) is 0 Å². The first kappa shape index (κ1) is 14.9. The zero-order valence-electron chi connectivity index (χ0n) is 11.5. The fraction of sp³-hybridized carbons (Fsp3) is 1.00. The van der Waals surface area contributed by atoms with Gasteiger partial charge in [0.1, 0.15) is 0 Å². The van der Waals surface area contributed by atoms with Gasteiger partial charge in [-0.3, -0.25) is 0 Å². The minimum absolute atomic E-state index is 0.641. The highest BCUT2D eigenvalue weighted by molar-refractivity contribution is 4.84. The second-order valence-corrected chi connectivity index (χ2v) is 4.70. The molecule has 0 aliphatic heterocycles. The van der Waals surface area contributed by atoms with Crippen molar-refractivity contribution in [3.63, 3.8) is 0 Å². The van der Waals surface area contributed by atoms with Crippen LogP contribution in [0, 0.1) is 5.92 Å². The van der Waals surface area contributed by atoms with Crippen LogP contribution in [0.2, 0.25) is 0 Å². The first-order valence-electron chi connectivity index (χ1n) is 6.56. The number of nitrogens with zero attached hydrogens (tertiary/aromatic N) is 1. The largest absolute Gasteiger partial charge is 0.310 e. The fourth-order valence-corrected chi connectivity index (χ4v) is 2.09. The lowest BCUT2D eigenvalue weighted by Gasteiger charge is -2.36. The standard InChI is InChI=1S/C11H24N2.C2H6/c1-5-13(4)8-10(3)12-11-6-9(2)7-11;1-2/h9-12H,5-8H2,1-4H3;1-2H3. The van der Waals surface area contributed by atoms with Crippen molar-refractivity contribution >= 4 is 0 Å². The summed E-state index contributed by atoms with van der Waals surface area (Å²) in [6.45, 7) is 13.1. The van der Waals surface area contributed by atoms with Gasteiger partial charge >= 0.3 is 0 Å². The number of likely N-dealkylation sites (N-methyl/N-ethyl adjacent to an activating group) is 1. The van der Waals surface area contributed by atoms with Crippen molar-refractivity contribution < 1.29 is 0 Å². The van der Waals surface area contributed by atoms with E-state index in [1.165, 1.54) is 19.4 Å². The van der Waals surface area contributed by atoms with Crippen molar-refractivity contribution in [1.29, 1.82) is 0 Å². The molecule has 0 aromatic carbocycles. The van der Waals surface area contributed by atoms with Gasteiger partial charge in [0.25, 0.3) is 0 Å². The van der Waals surface area contributed by atoms with E-state index in [4.69, 9.17) is 0 Å². The highest BCUT2D eigenvalue weighted by atomic mass is 15.1. The molecule has 2 nitrogen and oxygen atoms in total. The SMILES string of the molecule is CC.CCN(C)CC(C)NC1CC(C)C1. The number of hydrogen-bond acceptors (Lipinski definition) is 2. The zero-order chi connectivity index (χ0) is 11.8. The molecule has 15 heavy (non-hydrogen) atoms. The van der Waals surface area contributed by atoms with Crippen molar-refractivity contribution in [1.82, 2.24) is 10.2 Å². The molecule has 0 bridgehead atoms. The van der Waals surface area contributed by atoms with Crippen molar-refractivity contribution in [2.24, 2.45) is 5.92 Å². The normalized spacial score (nSPS) is 26.6. The molecule has 1 fully saturated rings. The van der Waals surface area contributed by atoms with Crippen LogP contribution in [0.25, 0.3) is 0 Å². The van der Waals surface area contributed by atoms with Crippen molar-refractivity contribution in [3.8, 4) is 0 Å². The van der Waals surface area contributed by atoms with Gasteiger partial charge in [-0.05, 0) is 39.3 Å². The maximum atomic E-state index is 3.67. The quantitative estimate of drug-likeness (QED) is 0.757. The van der Waals surface area contributed by atoms with Gasteiger partial charge in [-0.15, -0.1) is 0 Å². The number of nitrogens with one attached hydrogen (secondary N) is 1. The zero-order valence-corrected chi connectivity index (χ0v) is 11.5. The molecule has 1 aliphatic carbocycles. The molecule has 1 unspecified atom stereocenters. The highest BCUT2D eigenvalue weighted by Gasteiger charge is 2.25. The van der Waals surface area contributed by atoms with Gasteiger partial charge in [0, 0.05) is 18.6 Å². The summed E-state index contributed by atoms with van der Waals surface area (Å²) in [6.07, 6.45) is 2.75. The Labute approximate surface area is 96.4 Å². The molecule has 2 heteroatoms. The number of rotatable bonds is 5. The molecule has 1 saturated carbocycles. The van der Waals surface area contributed by atoms with E-state index in [0.29, 0.717) is 6.04 Å². The second-order valence-electron chi connectivity index (χ2n) is 4.70. The first-order valence-corrected chi connectivity index (χ1v) is 6.56. The first-order chi connectivity index (χ1) is 7.11. The Morgan fingerprint density at radius 1 is 1.33 bits per heavy atom. The predicted octanol–water partition coefficient (Wildman–Crippen LogP) is 2.74. The molecule has 0 spiro atoms. The van der Waals surface area contributed by atoms with Gasteiger partial charge in [-0.25, -0.2) is 0 Å². The smallest absolute Gasteiger partial charge is 0.0169 e. The van der Waals surface area contributed by atoms with Crippen LogP contribution >= 0.6 is 0 Å². The summed E-state index contributed by atoms with van der Waals surface area (Å²) in [7, 11) is 2.18. The summed E-state index contributed by atoms with van der Waals surface area (Å²) in [5.41, 5.74) is 0. The monoisotopic (exact) mass is 214 g/mol. The third-order valence-corrected chi connectivity index (χ3v) is 3.02. The summed E-state index contributed by atoms with van der Waals surface area (Å²) in [5, 5.41) is 3.67. The van der Waals surface area contributed by atoms with E-state index in [2.05, 4.69) is 38.0 Å². The highest BCUT2D eigenvalue weighted by Crippen LogP contribution is 2.26. The van der Waals surface area contributed by atoms with Gasteiger partial charge in [-0.2, -0.15) is 0 Å². The topological polar surface area (TPSA) is 15.3 Å². The molecule has 0 heterocycles. The summed E-state index contributed by atoms with van der Waals surface area (Å²) in [5.74, 6) is 0.952. The average Bonchev–Trinajstić information content (AvgIpc) is 2.18. The van der Waals surface area contributed by atoms with Crippen LogP contribution in [-0.2, 0) is 0 Å². The van der Waals surface area contributed by atoms with E-state index in [0.717, 1.165) is 18.5 Å². The van der Waals surface area contributed by atoms with Crippen LogP contribution < -0.4 is 5.32 Å². The van der Waals surface area contributed by atoms with E-state index < -0.39 is 0 Å². The molecule has 0 radical (unpaired) electrons. The lowest BCUT2D eigenvalue weighted by molar-refractivity contribution is 0.206. The molecule has 1 N–H and O–H groups in total. The van der Waals surface area contributed by atoms with Crippen LogP contribution in [0.4, 0.5) is 0 Å². The van der Waals surface area contributed by atoms with E-state index in [1.54, 1.807) is 0 Å². The molecule has 0 aromatic heterocycles. The minimum atomic E-state index is 0.641. The molecule has 1 rings (SSSR count). The minimum Gasteiger partial charge on any atom is -0.310 e. The second kappa shape index (κ2) is 8.12. The molecule has 0 amide bonds. The van der Waals surface area contributed by atoms with Crippen LogP contribution in [0.15, 0.2) is 0 Å². The Hall–Kier alpha value is -0.0800. The third kappa shape index (κ3) is 6.16. The molecule has 0 saturated heterocycles. The summed E-state index contributed by atoms with van der Waals surface area (Å²) >= 11 is 0. The molecular formula is C13H30N2. The Bertz CT molecular complexity index is 141. The van der Waals surface area contributed by atoms with Crippen molar-refractivity contribution in [2.45, 2.75) is 59.5 Å². The molecule has 1 aliphatic rings. The summed E-state index contributed by atoms with van der Waals surface area (Å²) in [6, 6.07) is 1.44. The molecular weight excluding hydrogens is 184 g/mol. The number of hydrogen-bond donors (Lipinski definition) is 1. The lowest BCUT2D eigenvalue weighted by Crippen LogP contribution is -2.48. The lowest BCUT2D eigenvalue weighted by atomic mass is 9.81.